The maximum Gasteiger partial charge on any atom is 0.261 e. The Morgan fingerprint density at radius 1 is 1.03 bits per heavy atom. The number of anilines is 2. The van der Waals surface area contributed by atoms with Gasteiger partial charge >= 0.3 is 0 Å². The number of ether oxygens (including phenoxy) is 1. The normalized spacial score (nSPS) is 11.9. The third kappa shape index (κ3) is 7.29. The largest absolute Gasteiger partial charge is 0.490 e. The molecule has 7 nitrogen and oxygen atoms in total. The van der Waals surface area contributed by atoms with E-state index >= 15 is 0 Å². The third-order valence-corrected chi connectivity index (χ3v) is 7.02. The number of carbonyl (C=O) groups excluding carboxylic acids is 1. The molecule has 3 aromatic rings. The third-order valence-electron chi connectivity index (χ3n) is 5.43. The van der Waals surface area contributed by atoms with E-state index in [2.05, 4.69) is 22.3 Å². The van der Waals surface area contributed by atoms with Gasteiger partial charge in [-0.05, 0) is 87.4 Å². The van der Waals surface area contributed by atoms with Gasteiger partial charge in [-0.15, -0.1) is 0 Å². The number of rotatable bonds is 9. The second-order valence-electron chi connectivity index (χ2n) is 8.57. The van der Waals surface area contributed by atoms with Crippen molar-refractivity contribution < 1.29 is 17.9 Å². The lowest BCUT2D eigenvalue weighted by Gasteiger charge is -2.17. The van der Waals surface area contributed by atoms with Crippen LogP contribution in [0.4, 0.5) is 11.4 Å². The molecule has 0 saturated carbocycles. The quantitative estimate of drug-likeness (QED) is 0.306. The lowest BCUT2D eigenvalue weighted by molar-refractivity contribution is 0.0970. The first-order chi connectivity index (χ1) is 17.1. The maximum absolute atomic E-state index is 12.8. The van der Waals surface area contributed by atoms with Gasteiger partial charge in [0, 0.05) is 5.69 Å². The van der Waals surface area contributed by atoms with E-state index in [4.69, 9.17) is 17.0 Å². The van der Waals surface area contributed by atoms with Gasteiger partial charge in [-0.2, -0.15) is 0 Å². The van der Waals surface area contributed by atoms with E-state index in [0.29, 0.717) is 22.7 Å². The van der Waals surface area contributed by atoms with Crippen molar-refractivity contribution in [1.29, 1.82) is 0 Å². The molecular formula is C27H31N3O4S2. The molecule has 0 heterocycles. The number of carbonyl (C=O) groups is 1. The molecule has 1 atom stereocenters. The van der Waals surface area contributed by atoms with Crippen molar-refractivity contribution in [2.45, 2.75) is 51.5 Å². The number of hydrogen-bond acceptors (Lipinski definition) is 5. The van der Waals surface area contributed by atoms with Crippen LogP contribution in [0, 0.1) is 13.8 Å². The number of thiocarbonyl (C=S) groups is 1. The lowest BCUT2D eigenvalue weighted by atomic mass is 10.1. The highest BCUT2D eigenvalue weighted by Gasteiger charge is 2.17. The summed E-state index contributed by atoms with van der Waals surface area (Å²) < 4.78 is 34.1. The molecule has 3 N–H and O–H groups in total. The average molecular weight is 526 g/mol. The van der Waals surface area contributed by atoms with Crippen molar-refractivity contribution in [2.24, 2.45) is 0 Å². The summed E-state index contributed by atoms with van der Waals surface area (Å²) in [6.45, 7) is 7.84. The van der Waals surface area contributed by atoms with Crippen LogP contribution in [0.5, 0.6) is 5.75 Å². The Morgan fingerprint density at radius 3 is 2.39 bits per heavy atom. The molecule has 0 aliphatic carbocycles. The lowest BCUT2D eigenvalue weighted by Crippen LogP contribution is -2.34. The number of nitrogens with one attached hydrogen (secondary N) is 3. The summed E-state index contributed by atoms with van der Waals surface area (Å²) >= 11 is 5.29. The Kier molecular flexibility index (Phi) is 9.06. The maximum atomic E-state index is 12.8. The van der Waals surface area contributed by atoms with Crippen molar-refractivity contribution >= 4 is 44.6 Å². The molecular weight excluding hydrogens is 494 g/mol. The molecule has 0 saturated heterocycles. The minimum absolute atomic E-state index is 0.0202. The van der Waals surface area contributed by atoms with Gasteiger partial charge in [-0.3, -0.25) is 14.8 Å². The van der Waals surface area contributed by atoms with Gasteiger partial charge < -0.3 is 10.1 Å². The van der Waals surface area contributed by atoms with Gasteiger partial charge in [0.15, 0.2) is 5.11 Å². The Balaban J connectivity index is 1.64. The summed E-state index contributed by atoms with van der Waals surface area (Å²) in [7, 11) is -3.76. The summed E-state index contributed by atoms with van der Waals surface area (Å²) in [5.41, 5.74) is 3.33. The number of hydrogen-bond donors (Lipinski definition) is 3. The minimum Gasteiger partial charge on any atom is -0.490 e. The van der Waals surface area contributed by atoms with Crippen LogP contribution in [0.25, 0.3) is 0 Å². The highest BCUT2D eigenvalue weighted by Crippen LogP contribution is 2.23. The topological polar surface area (TPSA) is 96.5 Å². The highest BCUT2D eigenvalue weighted by atomic mass is 32.2. The average Bonchev–Trinajstić information content (AvgIpc) is 2.81. The molecule has 1 amide bonds. The van der Waals surface area contributed by atoms with Crippen LogP contribution in [0.2, 0.25) is 0 Å². The summed E-state index contributed by atoms with van der Waals surface area (Å²) in [6.07, 6.45) is 1.83. The first-order valence-electron chi connectivity index (χ1n) is 11.7. The zero-order valence-electron chi connectivity index (χ0n) is 20.8. The van der Waals surface area contributed by atoms with Gasteiger partial charge in [-0.25, -0.2) is 8.42 Å². The molecule has 0 aromatic heterocycles. The highest BCUT2D eigenvalue weighted by molar-refractivity contribution is 7.92. The Bertz CT molecular complexity index is 1340. The van der Waals surface area contributed by atoms with E-state index in [0.717, 1.165) is 24.0 Å². The smallest absolute Gasteiger partial charge is 0.261 e. The van der Waals surface area contributed by atoms with Crippen LogP contribution < -0.4 is 20.1 Å². The van der Waals surface area contributed by atoms with Crippen LogP contribution in [0.15, 0.2) is 71.6 Å². The first-order valence-corrected chi connectivity index (χ1v) is 13.6. The Labute approximate surface area is 218 Å². The Hall–Kier alpha value is -3.43. The fourth-order valence-electron chi connectivity index (χ4n) is 3.62. The standard InChI is InChI=1S/C27H31N3O4S2/c1-5-8-20(4)34-25-10-7-6-9-23(25)26(31)29-27(35)28-21-12-14-22(15-13-21)36(32,33)30-24-16-11-18(2)17-19(24)3/h6-7,9-17,20,30H,5,8H2,1-4H3,(H2,28,29,31,35). The molecule has 190 valence electrons. The Morgan fingerprint density at radius 2 is 1.72 bits per heavy atom. The van der Waals surface area contributed by atoms with E-state index in [1.807, 2.05) is 39.0 Å². The second-order valence-corrected chi connectivity index (χ2v) is 10.7. The number of sulfonamides is 1. The first kappa shape index (κ1) is 27.2. The van der Waals surface area contributed by atoms with Crippen LogP contribution in [0.1, 0.15) is 48.2 Å². The van der Waals surface area contributed by atoms with Gasteiger partial charge in [0.2, 0.25) is 0 Å². The predicted molar refractivity (Wildman–Crippen MR) is 148 cm³/mol. The molecule has 0 spiro atoms. The summed E-state index contributed by atoms with van der Waals surface area (Å²) in [5.74, 6) is 0.0910. The van der Waals surface area contributed by atoms with Gasteiger partial charge in [-0.1, -0.05) is 43.2 Å². The summed E-state index contributed by atoms with van der Waals surface area (Å²) in [5, 5.41) is 5.64. The van der Waals surface area contributed by atoms with Crippen molar-refractivity contribution in [3.8, 4) is 5.75 Å². The molecule has 0 aliphatic heterocycles. The van der Waals surface area contributed by atoms with Crippen molar-refractivity contribution in [2.75, 3.05) is 10.0 Å². The van der Waals surface area contributed by atoms with E-state index in [1.165, 1.54) is 12.1 Å². The second kappa shape index (κ2) is 12.0. The van der Waals surface area contributed by atoms with Crippen molar-refractivity contribution in [3.63, 3.8) is 0 Å². The van der Waals surface area contributed by atoms with Gasteiger partial charge in [0.05, 0.1) is 22.3 Å². The van der Waals surface area contributed by atoms with Crippen molar-refractivity contribution in [3.05, 3.63) is 83.4 Å². The molecule has 3 aromatic carbocycles. The molecule has 9 heteroatoms. The molecule has 0 aliphatic rings. The monoisotopic (exact) mass is 525 g/mol. The number of amides is 1. The van der Waals surface area contributed by atoms with Crippen LogP contribution in [-0.4, -0.2) is 25.5 Å². The minimum atomic E-state index is -3.76. The van der Waals surface area contributed by atoms with Crippen LogP contribution >= 0.6 is 12.2 Å². The zero-order chi connectivity index (χ0) is 26.3. The SMILES string of the molecule is CCCC(C)Oc1ccccc1C(=O)NC(=S)Nc1ccc(S(=O)(=O)Nc2ccc(C)cc2C)cc1. The van der Waals surface area contributed by atoms with E-state index in [-0.39, 0.29) is 16.1 Å². The molecule has 0 fully saturated rings. The van der Waals surface area contributed by atoms with Crippen LogP contribution in [-0.2, 0) is 10.0 Å². The number of aryl methyl sites for hydroxylation is 2. The molecule has 1 unspecified atom stereocenters. The summed E-state index contributed by atoms with van der Waals surface area (Å²) in [6, 6.07) is 18.6. The van der Waals surface area contributed by atoms with E-state index in [1.54, 1.807) is 36.4 Å². The zero-order valence-corrected chi connectivity index (χ0v) is 22.4. The fourth-order valence-corrected chi connectivity index (χ4v) is 4.96. The summed E-state index contributed by atoms with van der Waals surface area (Å²) in [4.78, 5) is 12.9. The van der Waals surface area contributed by atoms with Crippen LogP contribution in [0.3, 0.4) is 0 Å². The molecule has 36 heavy (non-hydrogen) atoms. The molecule has 3 rings (SSSR count). The molecule has 0 radical (unpaired) electrons. The fraction of sp³-hybridized carbons (Fsp3) is 0.259. The van der Waals surface area contributed by atoms with E-state index < -0.39 is 15.9 Å². The number of para-hydroxylation sites is 1. The van der Waals surface area contributed by atoms with Gasteiger partial charge in [0.25, 0.3) is 15.9 Å². The van der Waals surface area contributed by atoms with Crippen molar-refractivity contribution in [1.82, 2.24) is 5.32 Å². The van der Waals surface area contributed by atoms with E-state index in [9.17, 15) is 13.2 Å². The molecule has 0 bridgehead atoms. The predicted octanol–water partition coefficient (Wildman–Crippen LogP) is 5.80. The number of benzene rings is 3. The van der Waals surface area contributed by atoms with Gasteiger partial charge in [0.1, 0.15) is 5.75 Å².